The first kappa shape index (κ1) is 19.0. The summed E-state index contributed by atoms with van der Waals surface area (Å²) in [5.74, 6) is -0.336. The van der Waals surface area contributed by atoms with E-state index in [1.807, 2.05) is 25.1 Å². The second-order valence-electron chi connectivity index (χ2n) is 5.70. The fraction of sp³-hybridized carbons (Fsp3) is 0.167. The maximum atomic E-state index is 12.4. The lowest BCUT2D eigenvalue weighted by molar-refractivity contribution is 0.102. The van der Waals surface area contributed by atoms with Crippen LogP contribution >= 0.6 is 11.3 Å². The molecule has 0 spiro atoms. The minimum Gasteiger partial charge on any atom is -0.322 e. The van der Waals surface area contributed by atoms with E-state index >= 15 is 0 Å². The minimum atomic E-state index is -3.69. The molecule has 0 atom stereocenters. The van der Waals surface area contributed by atoms with Crippen molar-refractivity contribution in [3.63, 3.8) is 0 Å². The van der Waals surface area contributed by atoms with Gasteiger partial charge in [0, 0.05) is 24.2 Å². The van der Waals surface area contributed by atoms with Crippen LogP contribution in [0.1, 0.15) is 21.8 Å². The van der Waals surface area contributed by atoms with Crippen LogP contribution in [0.5, 0.6) is 0 Å². The number of rotatable bonds is 6. The van der Waals surface area contributed by atoms with Gasteiger partial charge in [-0.3, -0.25) is 4.79 Å². The van der Waals surface area contributed by atoms with Crippen LogP contribution in [-0.2, 0) is 10.0 Å². The highest BCUT2D eigenvalue weighted by Crippen LogP contribution is 2.25. The van der Waals surface area contributed by atoms with E-state index in [0.717, 1.165) is 15.2 Å². The molecule has 7 nitrogen and oxygen atoms in total. The summed E-state index contributed by atoms with van der Waals surface area (Å²) in [7, 11) is -3.69. The van der Waals surface area contributed by atoms with E-state index in [4.69, 9.17) is 5.26 Å². The van der Waals surface area contributed by atoms with Crippen LogP contribution in [0.15, 0.2) is 47.4 Å². The molecule has 1 heterocycles. The molecule has 2 N–H and O–H groups in total. The lowest BCUT2D eigenvalue weighted by Gasteiger charge is -2.08. The average Bonchev–Trinajstić information content (AvgIpc) is 3.01. The summed E-state index contributed by atoms with van der Waals surface area (Å²) in [6.07, 6.45) is 0.0867. The van der Waals surface area contributed by atoms with Gasteiger partial charge in [-0.1, -0.05) is 0 Å². The largest absolute Gasteiger partial charge is 0.322 e. The van der Waals surface area contributed by atoms with Gasteiger partial charge in [-0.15, -0.1) is 11.3 Å². The van der Waals surface area contributed by atoms with E-state index in [2.05, 4.69) is 15.0 Å². The summed E-state index contributed by atoms with van der Waals surface area (Å²) in [6, 6.07) is 13.0. The number of benzene rings is 2. The molecule has 0 saturated heterocycles. The van der Waals surface area contributed by atoms with Crippen molar-refractivity contribution in [2.45, 2.75) is 18.2 Å². The Balaban J connectivity index is 1.72. The number of hydrogen-bond donors (Lipinski definition) is 2. The van der Waals surface area contributed by atoms with Crippen LogP contribution in [0, 0.1) is 18.3 Å². The molecule has 0 aliphatic heterocycles. The van der Waals surface area contributed by atoms with Crippen LogP contribution in [0.2, 0.25) is 0 Å². The van der Waals surface area contributed by atoms with Crippen LogP contribution in [0.25, 0.3) is 10.2 Å². The van der Waals surface area contributed by atoms with Gasteiger partial charge >= 0.3 is 0 Å². The zero-order chi connectivity index (χ0) is 19.4. The van der Waals surface area contributed by atoms with Crippen molar-refractivity contribution in [1.29, 1.82) is 5.26 Å². The van der Waals surface area contributed by atoms with Crippen LogP contribution in [-0.4, -0.2) is 25.9 Å². The number of anilines is 1. The maximum Gasteiger partial charge on any atom is 0.255 e. The monoisotopic (exact) mass is 400 g/mol. The quantitative estimate of drug-likeness (QED) is 0.618. The molecular formula is C18H16N4O3S2. The Hall–Kier alpha value is -2.80. The van der Waals surface area contributed by atoms with E-state index in [1.165, 1.54) is 24.3 Å². The first-order chi connectivity index (χ1) is 12.9. The van der Waals surface area contributed by atoms with Crippen molar-refractivity contribution in [2.75, 3.05) is 11.9 Å². The fourth-order valence-electron chi connectivity index (χ4n) is 2.43. The van der Waals surface area contributed by atoms with E-state index in [-0.39, 0.29) is 23.8 Å². The number of hydrogen-bond acceptors (Lipinski definition) is 6. The lowest BCUT2D eigenvalue weighted by atomic mass is 10.2. The highest BCUT2D eigenvalue weighted by Gasteiger charge is 2.14. The molecule has 9 heteroatoms. The molecule has 0 saturated carbocycles. The van der Waals surface area contributed by atoms with Gasteiger partial charge in [0.2, 0.25) is 10.0 Å². The van der Waals surface area contributed by atoms with Gasteiger partial charge in [-0.25, -0.2) is 18.1 Å². The highest BCUT2D eigenvalue weighted by atomic mass is 32.2. The standard InChI is InChI=1S/C18H16N4O3S2/c1-12-21-16-8-5-14(11-17(16)26-12)22-18(23)13-3-6-15(7-4-13)27(24,25)20-10-2-9-19/h3-8,11,20H,2,10H2,1H3,(H,22,23). The molecule has 1 amide bonds. The third-order valence-corrected chi connectivity index (χ3v) is 6.12. The fourth-order valence-corrected chi connectivity index (χ4v) is 4.33. The molecular weight excluding hydrogens is 384 g/mol. The number of aryl methyl sites for hydroxylation is 1. The summed E-state index contributed by atoms with van der Waals surface area (Å²) < 4.78 is 27.5. The molecule has 1 aromatic heterocycles. The van der Waals surface area contributed by atoms with E-state index in [1.54, 1.807) is 17.4 Å². The van der Waals surface area contributed by atoms with Gasteiger partial charge < -0.3 is 5.32 Å². The summed E-state index contributed by atoms with van der Waals surface area (Å²) in [6.45, 7) is 1.97. The maximum absolute atomic E-state index is 12.4. The molecule has 0 fully saturated rings. The van der Waals surface area contributed by atoms with E-state index < -0.39 is 10.0 Å². The Bertz CT molecular complexity index is 1130. The Morgan fingerprint density at radius 1 is 1.22 bits per heavy atom. The highest BCUT2D eigenvalue weighted by molar-refractivity contribution is 7.89. The van der Waals surface area contributed by atoms with Gasteiger partial charge in [-0.05, 0) is 49.4 Å². The van der Waals surface area contributed by atoms with Crippen molar-refractivity contribution in [2.24, 2.45) is 0 Å². The van der Waals surface area contributed by atoms with Crippen LogP contribution < -0.4 is 10.0 Å². The molecule has 2 aromatic carbocycles. The number of nitriles is 1. The number of nitrogens with one attached hydrogen (secondary N) is 2. The molecule has 0 radical (unpaired) electrons. The Morgan fingerprint density at radius 2 is 1.96 bits per heavy atom. The van der Waals surface area contributed by atoms with Crippen LogP contribution in [0.4, 0.5) is 5.69 Å². The molecule has 3 rings (SSSR count). The third-order valence-electron chi connectivity index (χ3n) is 3.71. The summed E-state index contributed by atoms with van der Waals surface area (Å²) in [4.78, 5) is 16.8. The Labute approximate surface area is 160 Å². The minimum absolute atomic E-state index is 0.0403. The summed E-state index contributed by atoms with van der Waals surface area (Å²) in [5.41, 5.74) is 1.87. The van der Waals surface area contributed by atoms with Crippen molar-refractivity contribution in [3.05, 3.63) is 53.0 Å². The predicted molar refractivity (Wildman–Crippen MR) is 104 cm³/mol. The summed E-state index contributed by atoms with van der Waals surface area (Å²) in [5, 5.41) is 12.2. The van der Waals surface area contributed by atoms with E-state index in [0.29, 0.717) is 11.3 Å². The normalized spacial score (nSPS) is 11.3. The number of sulfonamides is 1. The average molecular weight is 400 g/mol. The van der Waals surface area contributed by atoms with E-state index in [9.17, 15) is 13.2 Å². The SMILES string of the molecule is Cc1nc2ccc(NC(=O)c3ccc(S(=O)(=O)NCCC#N)cc3)cc2s1. The molecule has 0 unspecified atom stereocenters. The third kappa shape index (κ3) is 4.49. The number of aromatic nitrogens is 1. The predicted octanol–water partition coefficient (Wildman–Crippen LogP) is 3.05. The number of carbonyl (C=O) groups excluding carboxylic acids is 1. The van der Waals surface area contributed by atoms with Gasteiger partial charge in [0.05, 0.1) is 26.2 Å². The van der Waals surface area contributed by atoms with Gasteiger partial charge in [0.25, 0.3) is 5.91 Å². The molecule has 3 aromatic rings. The number of carbonyl (C=O) groups is 1. The van der Waals surface area contributed by atoms with Crippen molar-refractivity contribution >= 4 is 43.2 Å². The number of nitrogens with zero attached hydrogens (tertiary/aromatic N) is 2. The lowest BCUT2D eigenvalue weighted by Crippen LogP contribution is -2.24. The zero-order valence-corrected chi connectivity index (χ0v) is 16.0. The number of amides is 1. The molecule has 0 aliphatic rings. The second kappa shape index (κ2) is 7.84. The Morgan fingerprint density at radius 3 is 2.67 bits per heavy atom. The molecule has 138 valence electrons. The smallest absolute Gasteiger partial charge is 0.255 e. The topological polar surface area (TPSA) is 112 Å². The zero-order valence-electron chi connectivity index (χ0n) is 14.4. The van der Waals surface area contributed by atoms with Gasteiger partial charge in [-0.2, -0.15) is 5.26 Å². The molecule has 27 heavy (non-hydrogen) atoms. The van der Waals surface area contributed by atoms with Crippen molar-refractivity contribution in [3.8, 4) is 6.07 Å². The second-order valence-corrected chi connectivity index (χ2v) is 8.70. The first-order valence-corrected chi connectivity index (χ1v) is 10.3. The van der Waals surface area contributed by atoms with Gasteiger partial charge in [0.1, 0.15) is 0 Å². The first-order valence-electron chi connectivity index (χ1n) is 8.04. The summed E-state index contributed by atoms with van der Waals surface area (Å²) >= 11 is 1.55. The number of fused-ring (bicyclic) bond motifs is 1. The number of thiazole rings is 1. The molecule has 0 bridgehead atoms. The van der Waals surface area contributed by atoms with Crippen molar-refractivity contribution in [1.82, 2.24) is 9.71 Å². The Kier molecular flexibility index (Phi) is 5.51. The molecule has 0 aliphatic carbocycles. The van der Waals surface area contributed by atoms with Crippen molar-refractivity contribution < 1.29 is 13.2 Å². The van der Waals surface area contributed by atoms with Gasteiger partial charge in [0.15, 0.2) is 0 Å². The van der Waals surface area contributed by atoms with Crippen LogP contribution in [0.3, 0.4) is 0 Å².